The van der Waals surface area contributed by atoms with Crippen molar-refractivity contribution in [1.82, 2.24) is 20.2 Å². The maximum atomic E-state index is 12.6. The summed E-state index contributed by atoms with van der Waals surface area (Å²) in [6, 6.07) is 0.739. The van der Waals surface area contributed by atoms with E-state index >= 15 is 0 Å². The van der Waals surface area contributed by atoms with Crippen LogP contribution in [0.3, 0.4) is 0 Å². The first kappa shape index (κ1) is 22.3. The molecule has 2 amide bonds. The van der Waals surface area contributed by atoms with Gasteiger partial charge in [-0.1, -0.05) is 6.92 Å². The van der Waals surface area contributed by atoms with Crippen molar-refractivity contribution in [2.75, 3.05) is 32.7 Å². The minimum absolute atomic E-state index is 0.00517. The topological polar surface area (TPSA) is 79.6 Å². The number of quaternary nitrogens is 1. The van der Waals surface area contributed by atoms with Crippen LogP contribution in [0.2, 0.25) is 0 Å². The molecule has 1 aliphatic heterocycles. The molecule has 28 heavy (non-hydrogen) atoms. The molecule has 1 aromatic heterocycles. The molecular formula is C21H36N5O2+. The average Bonchev–Trinajstić information content (AvgIpc) is 2.69. The maximum absolute atomic E-state index is 12.6. The molecule has 0 radical (unpaired) electrons. The summed E-state index contributed by atoms with van der Waals surface area (Å²) in [5, 5.41) is 3.00. The second-order valence-electron chi connectivity index (χ2n) is 7.84. The molecule has 2 heterocycles. The highest BCUT2D eigenvalue weighted by Crippen LogP contribution is 2.04. The minimum Gasteiger partial charge on any atom is -0.356 e. The molecule has 1 aromatic rings. The van der Waals surface area contributed by atoms with Crippen LogP contribution >= 0.6 is 0 Å². The van der Waals surface area contributed by atoms with Crippen molar-refractivity contribution in [3.8, 4) is 0 Å². The molecule has 7 heteroatoms. The third-order valence-corrected chi connectivity index (χ3v) is 5.47. The van der Waals surface area contributed by atoms with Crippen LogP contribution in [0.15, 0.2) is 12.4 Å². The third-order valence-electron chi connectivity index (χ3n) is 5.47. The quantitative estimate of drug-likeness (QED) is 0.584. The van der Waals surface area contributed by atoms with E-state index in [1.165, 1.54) is 32.0 Å². The van der Waals surface area contributed by atoms with Gasteiger partial charge in [-0.25, -0.2) is 4.98 Å². The first-order chi connectivity index (χ1) is 13.5. The first-order valence-corrected chi connectivity index (χ1v) is 10.7. The Morgan fingerprint density at radius 2 is 2.07 bits per heavy atom. The van der Waals surface area contributed by atoms with Crippen LogP contribution in [0.5, 0.6) is 0 Å². The Morgan fingerprint density at radius 3 is 2.75 bits per heavy atom. The number of hydrogen-bond donors (Lipinski definition) is 2. The number of nitrogens with one attached hydrogen (secondary N) is 2. The number of nitrogens with zero attached hydrogens (tertiary/aromatic N) is 3. The van der Waals surface area contributed by atoms with Crippen molar-refractivity contribution in [3.63, 3.8) is 0 Å². The lowest BCUT2D eigenvalue weighted by molar-refractivity contribution is -0.928. The summed E-state index contributed by atoms with van der Waals surface area (Å²) in [4.78, 5) is 36.5. The van der Waals surface area contributed by atoms with Gasteiger partial charge >= 0.3 is 0 Å². The van der Waals surface area contributed by atoms with Gasteiger partial charge in [0.15, 0.2) is 0 Å². The van der Waals surface area contributed by atoms with Gasteiger partial charge in [-0.05, 0) is 39.5 Å². The number of aromatic nitrogens is 2. The standard InChI is InChI=1S/C21H35N5O2/c1-4-11-26(21(28)19-16-23-17(2)15-24-19)14-9-20(27)22-10-7-13-25-12-6-5-8-18(25)3/h15-16,18H,4-14H2,1-3H3,(H,22,27)/p+1/t18-/m0/s1. The minimum atomic E-state index is -0.162. The molecule has 2 N–H and O–H groups in total. The van der Waals surface area contributed by atoms with Crippen LogP contribution < -0.4 is 10.2 Å². The highest BCUT2D eigenvalue weighted by atomic mass is 16.2. The lowest BCUT2D eigenvalue weighted by atomic mass is 10.0. The van der Waals surface area contributed by atoms with Gasteiger partial charge < -0.3 is 15.1 Å². The summed E-state index contributed by atoms with van der Waals surface area (Å²) in [5.74, 6) is -0.157. The summed E-state index contributed by atoms with van der Waals surface area (Å²) < 4.78 is 0. The molecule has 1 fully saturated rings. The van der Waals surface area contributed by atoms with E-state index in [1.807, 2.05) is 13.8 Å². The lowest BCUT2D eigenvalue weighted by Crippen LogP contribution is -3.16. The SMILES string of the molecule is CCCN(CCC(=O)NCCC[NH+]1CCCC[C@@H]1C)C(=O)c1cnc(C)cn1. The van der Waals surface area contributed by atoms with Gasteiger partial charge in [-0.3, -0.25) is 14.6 Å². The normalized spacial score (nSPS) is 19.2. The van der Waals surface area contributed by atoms with Crippen LogP contribution in [0.25, 0.3) is 0 Å². The Hall–Kier alpha value is -2.02. The van der Waals surface area contributed by atoms with E-state index < -0.39 is 0 Å². The zero-order chi connectivity index (χ0) is 20.4. The summed E-state index contributed by atoms with van der Waals surface area (Å²) in [6.07, 6.45) is 9.23. The van der Waals surface area contributed by atoms with E-state index in [1.54, 1.807) is 16.0 Å². The Morgan fingerprint density at radius 1 is 1.25 bits per heavy atom. The molecule has 0 bridgehead atoms. The first-order valence-electron chi connectivity index (χ1n) is 10.7. The lowest BCUT2D eigenvalue weighted by Gasteiger charge is -2.30. The van der Waals surface area contributed by atoms with Gasteiger partial charge in [-0.2, -0.15) is 0 Å². The number of rotatable bonds is 10. The van der Waals surface area contributed by atoms with Crippen molar-refractivity contribution in [3.05, 3.63) is 23.8 Å². The number of carbonyl (C=O) groups excluding carboxylic acids is 2. The Labute approximate surface area is 168 Å². The molecule has 156 valence electrons. The van der Waals surface area contributed by atoms with Gasteiger partial charge in [-0.15, -0.1) is 0 Å². The van der Waals surface area contributed by atoms with Crippen molar-refractivity contribution in [1.29, 1.82) is 0 Å². The monoisotopic (exact) mass is 390 g/mol. The molecule has 1 aliphatic rings. The number of hydrogen-bond acceptors (Lipinski definition) is 4. The summed E-state index contributed by atoms with van der Waals surface area (Å²) in [7, 11) is 0. The van der Waals surface area contributed by atoms with Gasteiger partial charge in [0, 0.05) is 38.7 Å². The van der Waals surface area contributed by atoms with Crippen LogP contribution in [0, 0.1) is 6.92 Å². The van der Waals surface area contributed by atoms with E-state index in [0.29, 0.717) is 31.7 Å². The third kappa shape index (κ3) is 7.19. The maximum Gasteiger partial charge on any atom is 0.274 e. The summed E-state index contributed by atoms with van der Waals surface area (Å²) in [6.45, 7) is 10.3. The summed E-state index contributed by atoms with van der Waals surface area (Å²) >= 11 is 0. The highest BCUT2D eigenvalue weighted by Gasteiger charge is 2.21. The molecule has 2 atom stereocenters. The zero-order valence-electron chi connectivity index (χ0n) is 17.7. The van der Waals surface area contributed by atoms with Crippen LogP contribution in [-0.4, -0.2) is 65.4 Å². The molecule has 0 spiro atoms. The smallest absolute Gasteiger partial charge is 0.274 e. The van der Waals surface area contributed by atoms with Gasteiger partial charge in [0.25, 0.3) is 5.91 Å². The van der Waals surface area contributed by atoms with Crippen molar-refractivity contribution in [2.24, 2.45) is 0 Å². The van der Waals surface area contributed by atoms with Gasteiger partial charge in [0.1, 0.15) is 5.69 Å². The molecule has 7 nitrogen and oxygen atoms in total. The summed E-state index contributed by atoms with van der Waals surface area (Å²) in [5.41, 5.74) is 1.11. The van der Waals surface area contributed by atoms with E-state index in [0.717, 1.165) is 31.1 Å². The van der Waals surface area contributed by atoms with Crippen molar-refractivity contribution < 1.29 is 14.5 Å². The van der Waals surface area contributed by atoms with E-state index in [9.17, 15) is 9.59 Å². The second kappa shape index (κ2) is 11.7. The largest absolute Gasteiger partial charge is 0.356 e. The van der Waals surface area contributed by atoms with E-state index in [-0.39, 0.29) is 11.8 Å². The molecule has 0 aliphatic carbocycles. The molecule has 2 rings (SSSR count). The zero-order valence-corrected chi connectivity index (χ0v) is 17.7. The fraction of sp³-hybridized carbons (Fsp3) is 0.714. The number of amides is 2. The van der Waals surface area contributed by atoms with Crippen molar-refractivity contribution >= 4 is 11.8 Å². The number of likely N-dealkylation sites (tertiary alicyclic amines) is 1. The van der Waals surface area contributed by atoms with E-state index in [4.69, 9.17) is 0 Å². The Balaban J connectivity index is 1.71. The van der Waals surface area contributed by atoms with Crippen molar-refractivity contribution in [2.45, 2.75) is 65.3 Å². The average molecular weight is 391 g/mol. The fourth-order valence-electron chi connectivity index (χ4n) is 3.74. The van der Waals surface area contributed by atoms with Crippen LogP contribution in [-0.2, 0) is 4.79 Å². The Bertz CT molecular complexity index is 620. The molecule has 0 aromatic carbocycles. The number of aryl methyl sites for hydroxylation is 1. The number of piperidine rings is 1. The van der Waals surface area contributed by atoms with Crippen LogP contribution in [0.1, 0.15) is 68.6 Å². The highest BCUT2D eigenvalue weighted by molar-refractivity contribution is 5.92. The predicted molar refractivity (Wildman–Crippen MR) is 109 cm³/mol. The van der Waals surface area contributed by atoms with Gasteiger partial charge in [0.05, 0.1) is 31.0 Å². The molecule has 0 saturated carbocycles. The fourth-order valence-corrected chi connectivity index (χ4v) is 3.74. The van der Waals surface area contributed by atoms with Crippen LogP contribution in [0.4, 0.5) is 0 Å². The second-order valence-corrected chi connectivity index (χ2v) is 7.84. The predicted octanol–water partition coefficient (Wildman–Crippen LogP) is 0.991. The molecular weight excluding hydrogens is 354 g/mol. The van der Waals surface area contributed by atoms with E-state index in [2.05, 4.69) is 22.2 Å². The van der Waals surface area contributed by atoms with Gasteiger partial charge in [0.2, 0.25) is 5.91 Å². The molecule has 1 saturated heterocycles. The Kier molecular flexibility index (Phi) is 9.34. The molecule has 1 unspecified atom stereocenters. The number of carbonyl (C=O) groups is 2.